The molecule has 0 saturated heterocycles. The molecule has 1 aromatic rings. The second-order valence-electron chi connectivity index (χ2n) is 5.15. The Morgan fingerprint density at radius 1 is 1.40 bits per heavy atom. The van der Waals surface area contributed by atoms with Crippen molar-refractivity contribution in [2.45, 2.75) is 39.7 Å². The minimum absolute atomic E-state index is 0.0220. The number of aliphatic carboxylic acids is 1. The average Bonchev–Trinajstić information content (AvgIpc) is 2.25. The zero-order chi connectivity index (χ0) is 15.3. The number of nitrogens with zero attached hydrogens (tertiary/aromatic N) is 2. The molecule has 7 nitrogen and oxygen atoms in total. The topological polar surface area (TPSA) is 118 Å². The van der Waals surface area contributed by atoms with Crippen LogP contribution in [-0.4, -0.2) is 33.0 Å². The van der Waals surface area contributed by atoms with Gasteiger partial charge in [0, 0.05) is 11.7 Å². The smallest absolute Gasteiger partial charge is 0.305 e. The van der Waals surface area contributed by atoms with E-state index in [1.54, 1.807) is 6.92 Å². The van der Waals surface area contributed by atoms with Gasteiger partial charge in [0.15, 0.2) is 0 Å². The fraction of sp³-hybridized carbons (Fsp3) is 0.538. The lowest BCUT2D eigenvalue weighted by Gasteiger charge is -2.18. The second kappa shape index (κ2) is 6.83. The molecule has 0 spiro atoms. The summed E-state index contributed by atoms with van der Waals surface area (Å²) >= 11 is 0. The van der Waals surface area contributed by atoms with Gasteiger partial charge < -0.3 is 16.2 Å². The maximum absolute atomic E-state index is 12.1. The summed E-state index contributed by atoms with van der Waals surface area (Å²) in [4.78, 5) is 30.6. The molecule has 0 unspecified atom stereocenters. The summed E-state index contributed by atoms with van der Waals surface area (Å²) in [6.07, 6.45) is 0.459. The lowest BCUT2D eigenvalue weighted by Crippen LogP contribution is -2.38. The molecule has 1 atom stereocenters. The predicted molar refractivity (Wildman–Crippen MR) is 74.1 cm³/mol. The maximum Gasteiger partial charge on any atom is 0.305 e. The van der Waals surface area contributed by atoms with Crippen molar-refractivity contribution in [1.29, 1.82) is 0 Å². The van der Waals surface area contributed by atoms with Gasteiger partial charge in [0.1, 0.15) is 5.69 Å². The van der Waals surface area contributed by atoms with Crippen molar-refractivity contribution in [2.75, 3.05) is 5.73 Å². The molecule has 0 aliphatic carbocycles. The van der Waals surface area contributed by atoms with Crippen LogP contribution >= 0.6 is 0 Å². The standard InChI is InChI=1S/C13H20N4O3/c1-7(2)4-9(6-11(18)19)16-12(20)10-5-8(3)15-13(14)17-10/h5,7,9H,4,6H2,1-3H3,(H,16,20)(H,18,19)(H2,14,15,17)/t9-/m1/s1. The van der Waals surface area contributed by atoms with Gasteiger partial charge in [-0.05, 0) is 25.3 Å². The van der Waals surface area contributed by atoms with Crippen LogP contribution in [-0.2, 0) is 4.79 Å². The lowest BCUT2D eigenvalue weighted by molar-refractivity contribution is -0.137. The molecule has 0 aliphatic heterocycles. The molecule has 0 radical (unpaired) electrons. The van der Waals surface area contributed by atoms with Crippen molar-refractivity contribution in [1.82, 2.24) is 15.3 Å². The first-order chi connectivity index (χ1) is 9.27. The number of carbonyl (C=O) groups is 2. The third kappa shape index (κ3) is 5.21. The lowest BCUT2D eigenvalue weighted by atomic mass is 10.0. The Morgan fingerprint density at radius 2 is 2.05 bits per heavy atom. The highest BCUT2D eigenvalue weighted by molar-refractivity contribution is 5.93. The Bertz CT molecular complexity index is 482. The highest BCUT2D eigenvalue weighted by atomic mass is 16.4. The van der Waals surface area contributed by atoms with Gasteiger partial charge in [0.2, 0.25) is 5.95 Å². The molecule has 0 bridgehead atoms. The molecule has 0 aliphatic rings. The van der Waals surface area contributed by atoms with Crippen LogP contribution in [0.15, 0.2) is 6.07 Å². The van der Waals surface area contributed by atoms with E-state index in [-0.39, 0.29) is 24.0 Å². The van der Waals surface area contributed by atoms with Crippen LogP contribution in [0, 0.1) is 12.8 Å². The van der Waals surface area contributed by atoms with Gasteiger partial charge in [-0.2, -0.15) is 0 Å². The highest BCUT2D eigenvalue weighted by Gasteiger charge is 2.19. The number of carbonyl (C=O) groups excluding carboxylic acids is 1. The van der Waals surface area contributed by atoms with Crippen LogP contribution in [0.25, 0.3) is 0 Å². The fourth-order valence-corrected chi connectivity index (χ4v) is 1.94. The zero-order valence-electron chi connectivity index (χ0n) is 11.9. The second-order valence-corrected chi connectivity index (χ2v) is 5.15. The number of nitrogens with two attached hydrogens (primary N) is 1. The molecular formula is C13H20N4O3. The molecule has 20 heavy (non-hydrogen) atoms. The van der Waals surface area contributed by atoms with Crippen LogP contribution in [0.5, 0.6) is 0 Å². The molecule has 1 rings (SSSR count). The minimum atomic E-state index is -0.950. The monoisotopic (exact) mass is 280 g/mol. The van der Waals surface area contributed by atoms with Crippen LogP contribution < -0.4 is 11.1 Å². The number of aromatic nitrogens is 2. The summed E-state index contributed by atoms with van der Waals surface area (Å²) < 4.78 is 0. The summed E-state index contributed by atoms with van der Waals surface area (Å²) in [7, 11) is 0. The molecule has 0 aromatic carbocycles. The van der Waals surface area contributed by atoms with Gasteiger partial charge in [0.25, 0.3) is 5.91 Å². The van der Waals surface area contributed by atoms with Gasteiger partial charge in [-0.3, -0.25) is 9.59 Å². The number of aryl methyl sites for hydroxylation is 1. The molecule has 7 heteroatoms. The fourth-order valence-electron chi connectivity index (χ4n) is 1.94. The van der Waals surface area contributed by atoms with Crippen molar-refractivity contribution in [2.24, 2.45) is 5.92 Å². The molecule has 1 aromatic heterocycles. The van der Waals surface area contributed by atoms with Crippen molar-refractivity contribution >= 4 is 17.8 Å². The Balaban J connectivity index is 2.81. The molecule has 0 fully saturated rings. The molecule has 1 amide bonds. The first kappa shape index (κ1) is 15.9. The quantitative estimate of drug-likeness (QED) is 0.715. The van der Waals surface area contributed by atoms with Crippen molar-refractivity contribution in [3.8, 4) is 0 Å². The Kier molecular flexibility index (Phi) is 5.42. The number of amides is 1. The van der Waals surface area contributed by atoms with Crippen LogP contribution in [0.3, 0.4) is 0 Å². The molecular weight excluding hydrogens is 260 g/mol. The van der Waals surface area contributed by atoms with E-state index >= 15 is 0 Å². The number of carboxylic acid groups (broad SMARTS) is 1. The number of hydrogen-bond acceptors (Lipinski definition) is 5. The van der Waals surface area contributed by atoms with E-state index in [0.29, 0.717) is 12.1 Å². The van der Waals surface area contributed by atoms with Gasteiger partial charge in [-0.1, -0.05) is 13.8 Å². The first-order valence-electron chi connectivity index (χ1n) is 6.41. The summed E-state index contributed by atoms with van der Waals surface area (Å²) in [5.41, 5.74) is 6.23. The third-order valence-electron chi connectivity index (χ3n) is 2.62. The first-order valence-corrected chi connectivity index (χ1v) is 6.41. The van der Waals surface area contributed by atoms with Crippen molar-refractivity contribution < 1.29 is 14.7 Å². The van der Waals surface area contributed by atoms with E-state index in [2.05, 4.69) is 15.3 Å². The number of rotatable bonds is 6. The highest BCUT2D eigenvalue weighted by Crippen LogP contribution is 2.10. The summed E-state index contributed by atoms with van der Waals surface area (Å²) in [5.74, 6) is -1.09. The van der Waals surface area contributed by atoms with Crippen LogP contribution in [0.4, 0.5) is 5.95 Å². The normalized spacial score (nSPS) is 12.2. The SMILES string of the molecule is Cc1cc(C(=O)N[C@@H](CC(=O)O)CC(C)C)nc(N)n1. The largest absolute Gasteiger partial charge is 0.481 e. The van der Waals surface area contributed by atoms with Crippen molar-refractivity contribution in [3.05, 3.63) is 17.5 Å². The van der Waals surface area contributed by atoms with E-state index in [9.17, 15) is 9.59 Å². The number of hydrogen-bond donors (Lipinski definition) is 3. The number of nitrogens with one attached hydrogen (secondary N) is 1. The van der Waals surface area contributed by atoms with E-state index in [4.69, 9.17) is 10.8 Å². The van der Waals surface area contributed by atoms with Crippen LogP contribution in [0.2, 0.25) is 0 Å². The predicted octanol–water partition coefficient (Wildman–Crippen LogP) is 0.986. The van der Waals surface area contributed by atoms with E-state index in [0.717, 1.165) is 0 Å². The summed E-state index contributed by atoms with van der Waals surface area (Å²) in [6, 6.07) is 1.08. The van der Waals surface area contributed by atoms with E-state index in [1.807, 2.05) is 13.8 Å². The van der Waals surface area contributed by atoms with E-state index < -0.39 is 17.9 Å². The molecule has 110 valence electrons. The summed E-state index contributed by atoms with van der Waals surface area (Å²) in [6.45, 7) is 5.64. The number of nitrogen functional groups attached to an aromatic ring is 1. The Morgan fingerprint density at radius 3 is 2.55 bits per heavy atom. The Labute approximate surface area is 117 Å². The molecule has 0 saturated carbocycles. The van der Waals surface area contributed by atoms with Gasteiger partial charge in [0.05, 0.1) is 6.42 Å². The minimum Gasteiger partial charge on any atom is -0.481 e. The number of carboxylic acids is 1. The summed E-state index contributed by atoms with van der Waals surface area (Å²) in [5, 5.41) is 11.6. The third-order valence-corrected chi connectivity index (χ3v) is 2.62. The zero-order valence-corrected chi connectivity index (χ0v) is 11.9. The molecule has 4 N–H and O–H groups in total. The van der Waals surface area contributed by atoms with Crippen molar-refractivity contribution in [3.63, 3.8) is 0 Å². The van der Waals surface area contributed by atoms with E-state index in [1.165, 1.54) is 6.07 Å². The van der Waals surface area contributed by atoms with Gasteiger partial charge >= 0.3 is 5.97 Å². The maximum atomic E-state index is 12.1. The number of anilines is 1. The van der Waals surface area contributed by atoms with Gasteiger partial charge in [-0.15, -0.1) is 0 Å². The van der Waals surface area contributed by atoms with Crippen LogP contribution in [0.1, 0.15) is 42.9 Å². The molecule has 1 heterocycles. The van der Waals surface area contributed by atoms with Gasteiger partial charge in [-0.25, -0.2) is 9.97 Å². The average molecular weight is 280 g/mol. The Hall–Kier alpha value is -2.18.